The Morgan fingerprint density at radius 1 is 0.783 bits per heavy atom. The van der Waals surface area contributed by atoms with E-state index in [0.717, 1.165) is 70.7 Å². The van der Waals surface area contributed by atoms with Gasteiger partial charge >= 0.3 is 0 Å². The van der Waals surface area contributed by atoms with Gasteiger partial charge < -0.3 is 19.1 Å². The number of anilines is 1. The normalized spacial score (nSPS) is 17.8. The molecule has 1 aliphatic rings. The van der Waals surface area contributed by atoms with Gasteiger partial charge in [0.15, 0.2) is 11.5 Å². The first kappa shape index (κ1) is 33.6. The lowest BCUT2D eigenvalue weighted by Crippen LogP contribution is -2.20. The number of rotatable bonds is 15. The Morgan fingerprint density at radius 3 is 2.17 bits per heavy atom. The summed E-state index contributed by atoms with van der Waals surface area (Å²) in [6.07, 6.45) is 11.0. The zero-order chi connectivity index (χ0) is 32.5. The molecular formula is C40H53N3O3. The van der Waals surface area contributed by atoms with Gasteiger partial charge in [0, 0.05) is 32.0 Å². The zero-order valence-corrected chi connectivity index (χ0v) is 28.8. The summed E-state index contributed by atoms with van der Waals surface area (Å²) in [5, 5.41) is 1.12. The fraction of sp³-hybridized carbons (Fsp3) is 0.500. The van der Waals surface area contributed by atoms with Crippen LogP contribution >= 0.6 is 0 Å². The molecule has 0 aliphatic heterocycles. The van der Waals surface area contributed by atoms with E-state index in [2.05, 4.69) is 75.3 Å². The third-order valence-corrected chi connectivity index (χ3v) is 10.1. The molecule has 6 heteroatoms. The molecule has 0 radical (unpaired) electrons. The van der Waals surface area contributed by atoms with Gasteiger partial charge in [-0.05, 0) is 72.3 Å². The van der Waals surface area contributed by atoms with Gasteiger partial charge in [0.05, 0.1) is 19.7 Å². The number of benzene rings is 3. The van der Waals surface area contributed by atoms with Crippen LogP contribution in [0.1, 0.15) is 75.7 Å². The van der Waals surface area contributed by atoms with Crippen LogP contribution < -0.4 is 19.1 Å². The summed E-state index contributed by atoms with van der Waals surface area (Å²) in [5.41, 5.74) is 3.38. The molecule has 2 unspecified atom stereocenters. The lowest BCUT2D eigenvalue weighted by atomic mass is 9.74. The maximum absolute atomic E-state index is 6.36. The maximum atomic E-state index is 6.36. The first-order valence-electron chi connectivity index (χ1n) is 17.2. The average Bonchev–Trinajstić information content (AvgIpc) is 3.08. The number of methoxy groups -OCH3 is 2. The van der Waals surface area contributed by atoms with Gasteiger partial charge in [-0.3, -0.25) is 0 Å². The Bertz CT molecular complexity index is 1530. The summed E-state index contributed by atoms with van der Waals surface area (Å²) in [6.45, 7) is 5.36. The highest BCUT2D eigenvalue weighted by atomic mass is 16.5. The number of ether oxygens (including phenoxy) is 3. The number of nitrogens with zero attached hydrogens (tertiary/aromatic N) is 3. The predicted octanol–water partition coefficient (Wildman–Crippen LogP) is 9.33. The van der Waals surface area contributed by atoms with Crippen molar-refractivity contribution in [2.75, 3.05) is 33.2 Å². The van der Waals surface area contributed by atoms with Gasteiger partial charge in [-0.2, -0.15) is 0 Å². The van der Waals surface area contributed by atoms with Gasteiger partial charge in [-0.1, -0.05) is 88.4 Å². The van der Waals surface area contributed by atoms with Crippen LogP contribution in [-0.2, 0) is 19.4 Å². The number of aryl methyl sites for hydroxylation is 1. The molecule has 46 heavy (non-hydrogen) atoms. The number of hydrogen-bond donors (Lipinski definition) is 0. The monoisotopic (exact) mass is 623 g/mol. The number of hydrogen-bond acceptors (Lipinski definition) is 6. The van der Waals surface area contributed by atoms with Crippen molar-refractivity contribution < 1.29 is 14.2 Å². The lowest BCUT2D eigenvalue weighted by molar-refractivity contribution is 0.207. The fourth-order valence-corrected chi connectivity index (χ4v) is 7.10. The molecule has 246 valence electrons. The van der Waals surface area contributed by atoms with E-state index in [1.165, 1.54) is 44.1 Å². The first-order chi connectivity index (χ1) is 22.3. The third kappa shape index (κ3) is 8.71. The van der Waals surface area contributed by atoms with Gasteiger partial charge in [0.25, 0.3) is 0 Å². The summed E-state index contributed by atoms with van der Waals surface area (Å²) in [6, 6.07) is 22.8. The molecule has 4 aromatic rings. The van der Waals surface area contributed by atoms with Crippen LogP contribution in [0.4, 0.5) is 5.82 Å². The molecule has 2 atom stereocenters. The molecule has 1 heterocycles. The van der Waals surface area contributed by atoms with Crippen LogP contribution in [0, 0.1) is 23.7 Å². The Labute approximate surface area is 276 Å². The SMILES string of the molecule is COc1cc(CC(C)C(C)CC2CCC(CCCc3nc(N(C)C)c4ccccc4n3)CC2)c(OCc2ccccc2)cc1OC. The minimum Gasteiger partial charge on any atom is -0.493 e. The molecule has 1 aromatic heterocycles. The van der Waals surface area contributed by atoms with E-state index >= 15 is 0 Å². The molecule has 1 saturated carbocycles. The highest BCUT2D eigenvalue weighted by molar-refractivity contribution is 5.89. The minimum absolute atomic E-state index is 0.531. The summed E-state index contributed by atoms with van der Waals surface area (Å²) in [5.74, 6) is 7.15. The second kappa shape index (κ2) is 16.2. The standard InChI is InChI=1S/C40H53N3O3/c1-28(29(2)24-33-25-37(44-5)38(45-6)26-36(33)46-27-32-13-8-7-9-14-32)23-31-21-19-30(20-22-31)15-12-18-39-41-35-17-11-10-16-34(35)40(42-39)43(3)4/h7-11,13-14,16-17,25-26,28-31H,12,15,18-24,27H2,1-6H3. The average molecular weight is 624 g/mol. The van der Waals surface area contributed by atoms with Crippen LogP contribution in [0.5, 0.6) is 17.2 Å². The summed E-state index contributed by atoms with van der Waals surface area (Å²) >= 11 is 0. The second-order valence-electron chi connectivity index (χ2n) is 13.6. The van der Waals surface area contributed by atoms with Gasteiger partial charge in [-0.25, -0.2) is 9.97 Å². The van der Waals surface area contributed by atoms with Crippen molar-refractivity contribution in [2.45, 2.75) is 78.2 Å². The molecular weight excluding hydrogens is 570 g/mol. The lowest BCUT2D eigenvalue weighted by Gasteiger charge is -2.32. The van der Waals surface area contributed by atoms with Crippen LogP contribution in [0.2, 0.25) is 0 Å². The Kier molecular flexibility index (Phi) is 11.8. The minimum atomic E-state index is 0.531. The smallest absolute Gasteiger partial charge is 0.164 e. The molecule has 0 N–H and O–H groups in total. The topological polar surface area (TPSA) is 56.7 Å². The molecule has 6 nitrogen and oxygen atoms in total. The number of fused-ring (bicyclic) bond motifs is 1. The molecule has 1 aliphatic carbocycles. The third-order valence-electron chi connectivity index (χ3n) is 10.1. The van der Waals surface area contributed by atoms with Crippen molar-refractivity contribution in [3.63, 3.8) is 0 Å². The van der Waals surface area contributed by atoms with Gasteiger partial charge in [-0.15, -0.1) is 0 Å². The Hall–Kier alpha value is -3.80. The Balaban J connectivity index is 1.11. The highest BCUT2D eigenvalue weighted by Crippen LogP contribution is 2.40. The van der Waals surface area contributed by atoms with Crippen molar-refractivity contribution in [3.8, 4) is 17.2 Å². The van der Waals surface area contributed by atoms with E-state index in [1.807, 2.05) is 24.3 Å². The molecule has 0 spiro atoms. The van der Waals surface area contributed by atoms with Crippen LogP contribution in [-0.4, -0.2) is 38.3 Å². The van der Waals surface area contributed by atoms with Gasteiger partial charge in [0.1, 0.15) is 24.0 Å². The zero-order valence-electron chi connectivity index (χ0n) is 28.8. The van der Waals surface area contributed by atoms with Crippen molar-refractivity contribution in [1.29, 1.82) is 0 Å². The van der Waals surface area contributed by atoms with E-state index in [1.54, 1.807) is 14.2 Å². The Morgan fingerprint density at radius 2 is 1.46 bits per heavy atom. The maximum Gasteiger partial charge on any atom is 0.164 e. The number of para-hydroxylation sites is 1. The predicted molar refractivity (Wildman–Crippen MR) is 189 cm³/mol. The van der Waals surface area contributed by atoms with E-state index in [9.17, 15) is 0 Å². The largest absolute Gasteiger partial charge is 0.493 e. The molecule has 3 aromatic carbocycles. The number of aromatic nitrogens is 2. The van der Waals surface area contributed by atoms with E-state index in [0.29, 0.717) is 24.2 Å². The van der Waals surface area contributed by atoms with Crippen LogP contribution in [0.15, 0.2) is 66.7 Å². The van der Waals surface area contributed by atoms with Crippen molar-refractivity contribution >= 4 is 16.7 Å². The van der Waals surface area contributed by atoms with E-state index in [4.69, 9.17) is 24.2 Å². The van der Waals surface area contributed by atoms with Crippen molar-refractivity contribution in [3.05, 3.63) is 83.7 Å². The van der Waals surface area contributed by atoms with E-state index in [-0.39, 0.29) is 0 Å². The summed E-state index contributed by atoms with van der Waals surface area (Å²) in [7, 11) is 7.51. The molecule has 0 amide bonds. The van der Waals surface area contributed by atoms with E-state index < -0.39 is 0 Å². The fourth-order valence-electron chi connectivity index (χ4n) is 7.10. The van der Waals surface area contributed by atoms with Crippen LogP contribution in [0.25, 0.3) is 10.9 Å². The van der Waals surface area contributed by atoms with Gasteiger partial charge in [0.2, 0.25) is 0 Å². The summed E-state index contributed by atoms with van der Waals surface area (Å²) in [4.78, 5) is 11.9. The highest BCUT2D eigenvalue weighted by Gasteiger charge is 2.25. The molecule has 1 fully saturated rings. The second-order valence-corrected chi connectivity index (χ2v) is 13.6. The quantitative estimate of drug-likeness (QED) is 0.132. The van der Waals surface area contributed by atoms with Crippen molar-refractivity contribution in [2.24, 2.45) is 23.7 Å². The molecule has 0 saturated heterocycles. The van der Waals surface area contributed by atoms with Crippen molar-refractivity contribution in [1.82, 2.24) is 9.97 Å². The van der Waals surface area contributed by atoms with Crippen LogP contribution in [0.3, 0.4) is 0 Å². The first-order valence-corrected chi connectivity index (χ1v) is 17.2. The molecule has 0 bridgehead atoms. The molecule has 5 rings (SSSR count). The summed E-state index contributed by atoms with van der Waals surface area (Å²) < 4.78 is 17.6.